The molecule has 22 heavy (non-hydrogen) atoms. The first-order valence-corrected chi connectivity index (χ1v) is 9.19. The minimum atomic E-state index is -0.263. The molecule has 2 rings (SSSR count). The van der Waals surface area contributed by atoms with Crippen LogP contribution in [0.15, 0.2) is 0 Å². The lowest BCUT2D eigenvalue weighted by Gasteiger charge is -2.17. The van der Waals surface area contributed by atoms with Crippen LogP contribution in [0.1, 0.15) is 60.6 Å². The van der Waals surface area contributed by atoms with Gasteiger partial charge in [-0.2, -0.15) is 0 Å². The van der Waals surface area contributed by atoms with Crippen LogP contribution in [0, 0.1) is 0 Å². The maximum absolute atomic E-state index is 12.1. The summed E-state index contributed by atoms with van der Waals surface area (Å²) in [7, 11) is 0. The van der Waals surface area contributed by atoms with Crippen molar-refractivity contribution in [1.82, 2.24) is 9.88 Å². The van der Waals surface area contributed by atoms with E-state index in [9.17, 15) is 4.79 Å². The molecular formula is C16H27N3O2S. The molecule has 0 aromatic carbocycles. The maximum Gasteiger partial charge on any atom is 0.352 e. The fraction of sp³-hybridized carbons (Fsp3) is 0.750. The van der Waals surface area contributed by atoms with Gasteiger partial charge in [0.1, 0.15) is 5.01 Å². The number of anilines is 1. The summed E-state index contributed by atoms with van der Waals surface area (Å²) in [6, 6.07) is 0. The highest BCUT2D eigenvalue weighted by molar-refractivity contribution is 7.14. The van der Waals surface area contributed by atoms with E-state index in [1.807, 2.05) is 6.92 Å². The third-order valence-corrected chi connectivity index (χ3v) is 4.75. The van der Waals surface area contributed by atoms with E-state index in [4.69, 9.17) is 4.74 Å². The fourth-order valence-corrected chi connectivity index (χ4v) is 3.59. The van der Waals surface area contributed by atoms with E-state index in [1.54, 1.807) is 0 Å². The van der Waals surface area contributed by atoms with Gasteiger partial charge in [0.25, 0.3) is 0 Å². The number of esters is 1. The summed E-state index contributed by atoms with van der Waals surface area (Å²) in [5.74, 6) is 0.427. The Kier molecular flexibility index (Phi) is 7.12. The number of hydrogen-bond acceptors (Lipinski definition) is 6. The number of ether oxygens (including phenoxy) is 1. The summed E-state index contributed by atoms with van der Waals surface area (Å²) in [5, 5.41) is 4.26. The van der Waals surface area contributed by atoms with Crippen molar-refractivity contribution in [3.05, 3.63) is 9.88 Å². The Balaban J connectivity index is 2.08. The highest BCUT2D eigenvalue weighted by Crippen LogP contribution is 2.26. The minimum absolute atomic E-state index is 0.263. The van der Waals surface area contributed by atoms with Crippen molar-refractivity contribution in [2.24, 2.45) is 0 Å². The first kappa shape index (κ1) is 17.2. The number of likely N-dealkylation sites (tertiary alicyclic amines) is 1. The molecule has 2 heterocycles. The molecule has 124 valence electrons. The Bertz CT molecular complexity index is 468. The highest BCUT2D eigenvalue weighted by Gasteiger charge is 2.20. The van der Waals surface area contributed by atoms with Crippen molar-refractivity contribution < 1.29 is 9.53 Å². The Morgan fingerprint density at radius 1 is 1.27 bits per heavy atom. The van der Waals surface area contributed by atoms with E-state index in [2.05, 4.69) is 22.1 Å². The molecule has 0 amide bonds. The SMILES string of the molecule is CCCNc1nc(CN2CCCCCC2)sc1C(=O)OCC. The summed E-state index contributed by atoms with van der Waals surface area (Å²) in [4.78, 5) is 19.8. The standard InChI is InChI=1S/C16H27N3O2S/c1-3-9-17-15-14(16(20)21-4-2)22-13(18-15)12-19-10-7-5-6-8-11-19/h17H,3-12H2,1-2H3. The van der Waals surface area contributed by atoms with Crippen molar-refractivity contribution in [2.45, 2.75) is 52.5 Å². The quantitative estimate of drug-likeness (QED) is 0.777. The number of nitrogens with zero attached hydrogens (tertiary/aromatic N) is 2. The van der Waals surface area contributed by atoms with Gasteiger partial charge < -0.3 is 10.1 Å². The zero-order valence-corrected chi connectivity index (χ0v) is 14.5. The van der Waals surface area contributed by atoms with Crippen LogP contribution in [0.3, 0.4) is 0 Å². The van der Waals surface area contributed by atoms with E-state index in [1.165, 1.54) is 37.0 Å². The predicted octanol–water partition coefficient (Wildman–Crippen LogP) is 3.52. The van der Waals surface area contributed by atoms with Crippen LogP contribution in [0.25, 0.3) is 0 Å². The number of hydrogen-bond donors (Lipinski definition) is 1. The summed E-state index contributed by atoms with van der Waals surface area (Å²) in [5.41, 5.74) is 0. The smallest absolute Gasteiger partial charge is 0.352 e. The summed E-state index contributed by atoms with van der Waals surface area (Å²) in [6.07, 6.45) is 6.17. The van der Waals surface area contributed by atoms with Gasteiger partial charge in [-0.3, -0.25) is 4.90 Å². The Hall–Kier alpha value is -1.14. The molecule has 0 radical (unpaired) electrons. The third-order valence-electron chi connectivity index (χ3n) is 3.73. The Labute approximate surface area is 137 Å². The van der Waals surface area contributed by atoms with Crippen molar-refractivity contribution in [2.75, 3.05) is 31.6 Å². The summed E-state index contributed by atoms with van der Waals surface area (Å²) >= 11 is 1.47. The zero-order chi connectivity index (χ0) is 15.8. The maximum atomic E-state index is 12.1. The van der Waals surface area contributed by atoms with Crippen molar-refractivity contribution in [1.29, 1.82) is 0 Å². The predicted molar refractivity (Wildman–Crippen MR) is 90.6 cm³/mol. The van der Waals surface area contributed by atoms with Crippen LogP contribution in [0.5, 0.6) is 0 Å². The van der Waals surface area contributed by atoms with Crippen LogP contribution in [-0.4, -0.2) is 42.1 Å². The molecule has 0 spiro atoms. The average molecular weight is 325 g/mol. The van der Waals surface area contributed by atoms with Crippen LogP contribution < -0.4 is 5.32 Å². The Morgan fingerprint density at radius 2 is 2.00 bits per heavy atom. The lowest BCUT2D eigenvalue weighted by Crippen LogP contribution is -2.23. The molecule has 1 aliphatic rings. The van der Waals surface area contributed by atoms with Crippen molar-refractivity contribution in [3.63, 3.8) is 0 Å². The molecule has 6 heteroatoms. The third kappa shape index (κ3) is 4.95. The van der Waals surface area contributed by atoms with Gasteiger partial charge in [0.15, 0.2) is 10.7 Å². The number of carbonyl (C=O) groups excluding carboxylic acids is 1. The first-order valence-electron chi connectivity index (χ1n) is 8.37. The largest absolute Gasteiger partial charge is 0.462 e. The van der Waals surface area contributed by atoms with E-state index >= 15 is 0 Å². The highest BCUT2D eigenvalue weighted by atomic mass is 32.1. The van der Waals surface area contributed by atoms with E-state index < -0.39 is 0 Å². The zero-order valence-electron chi connectivity index (χ0n) is 13.7. The van der Waals surface area contributed by atoms with Gasteiger partial charge in [-0.15, -0.1) is 11.3 Å². The van der Waals surface area contributed by atoms with E-state index in [0.29, 0.717) is 17.3 Å². The second-order valence-electron chi connectivity index (χ2n) is 5.62. The average Bonchev–Trinajstić information content (AvgIpc) is 2.72. The second-order valence-corrected chi connectivity index (χ2v) is 6.71. The summed E-state index contributed by atoms with van der Waals surface area (Å²) < 4.78 is 5.15. The number of carbonyl (C=O) groups is 1. The molecule has 0 bridgehead atoms. The van der Waals surface area contributed by atoms with Gasteiger partial charge in [-0.25, -0.2) is 9.78 Å². The van der Waals surface area contributed by atoms with Gasteiger partial charge in [-0.05, 0) is 39.3 Å². The Morgan fingerprint density at radius 3 is 2.64 bits per heavy atom. The number of thiazole rings is 1. The van der Waals surface area contributed by atoms with Gasteiger partial charge in [-0.1, -0.05) is 19.8 Å². The van der Waals surface area contributed by atoms with E-state index in [-0.39, 0.29) is 5.97 Å². The first-order chi connectivity index (χ1) is 10.7. The van der Waals surface area contributed by atoms with Crippen molar-refractivity contribution >= 4 is 23.1 Å². The van der Waals surface area contributed by atoms with Crippen LogP contribution >= 0.6 is 11.3 Å². The molecule has 1 fully saturated rings. The fourth-order valence-electron chi connectivity index (χ4n) is 2.62. The van der Waals surface area contributed by atoms with Crippen molar-refractivity contribution in [3.8, 4) is 0 Å². The molecule has 1 aromatic rings. The lowest BCUT2D eigenvalue weighted by atomic mass is 10.2. The molecule has 1 aromatic heterocycles. The minimum Gasteiger partial charge on any atom is -0.462 e. The molecular weight excluding hydrogens is 298 g/mol. The van der Waals surface area contributed by atoms with Crippen LogP contribution in [0.2, 0.25) is 0 Å². The molecule has 0 aliphatic carbocycles. The monoisotopic (exact) mass is 325 g/mol. The number of nitrogens with one attached hydrogen (secondary N) is 1. The molecule has 5 nitrogen and oxygen atoms in total. The summed E-state index contributed by atoms with van der Waals surface area (Å²) in [6.45, 7) is 8.24. The van der Waals surface area contributed by atoms with E-state index in [0.717, 1.165) is 37.6 Å². The van der Waals surface area contributed by atoms with Crippen LogP contribution in [0.4, 0.5) is 5.82 Å². The molecule has 0 unspecified atom stereocenters. The molecule has 0 atom stereocenters. The molecule has 1 saturated heterocycles. The van der Waals surface area contributed by atoms with Gasteiger partial charge in [0.05, 0.1) is 13.2 Å². The molecule has 1 N–H and O–H groups in total. The van der Waals surface area contributed by atoms with Gasteiger partial charge in [0.2, 0.25) is 0 Å². The molecule has 0 saturated carbocycles. The topological polar surface area (TPSA) is 54.5 Å². The normalized spacial score (nSPS) is 16.3. The second kappa shape index (κ2) is 9.10. The van der Waals surface area contributed by atoms with Gasteiger partial charge in [0, 0.05) is 6.54 Å². The van der Waals surface area contributed by atoms with Crippen LogP contribution in [-0.2, 0) is 11.3 Å². The molecule has 1 aliphatic heterocycles. The number of aromatic nitrogens is 1. The lowest BCUT2D eigenvalue weighted by molar-refractivity contribution is 0.0533. The number of rotatable bonds is 7. The van der Waals surface area contributed by atoms with Gasteiger partial charge >= 0.3 is 5.97 Å².